The Morgan fingerprint density at radius 3 is 2.29 bits per heavy atom. The van der Waals surface area contributed by atoms with E-state index < -0.39 is 12.8 Å². The molecule has 1 aromatic rings. The van der Waals surface area contributed by atoms with E-state index >= 15 is 0 Å². The van der Waals surface area contributed by atoms with Crippen LogP contribution in [0.2, 0.25) is 0 Å². The van der Waals surface area contributed by atoms with Crippen LogP contribution in [-0.2, 0) is 4.74 Å². The summed E-state index contributed by atoms with van der Waals surface area (Å²) in [4.78, 5) is 11.4. The van der Waals surface area contributed by atoms with Crippen LogP contribution < -0.4 is 14.2 Å². The van der Waals surface area contributed by atoms with Crippen LogP contribution in [-0.4, -0.2) is 34.2 Å². The highest BCUT2D eigenvalue weighted by Crippen LogP contribution is 2.38. The third-order valence-electron chi connectivity index (χ3n) is 2.08. The summed E-state index contributed by atoms with van der Waals surface area (Å²) in [6, 6.07) is 2.75. The molecule has 0 aliphatic carbocycles. The first kappa shape index (κ1) is 13.1. The smallest absolute Gasteiger partial charge is 0.338 e. The van der Waals surface area contributed by atoms with Gasteiger partial charge in [-0.15, -0.1) is 0 Å². The molecule has 1 rings (SSSR count). The van der Waals surface area contributed by atoms with Gasteiger partial charge in [0.15, 0.2) is 11.5 Å². The van der Waals surface area contributed by atoms with Gasteiger partial charge in [0.05, 0.1) is 26.9 Å². The Kier molecular flexibility index (Phi) is 4.56. The van der Waals surface area contributed by atoms with Crippen molar-refractivity contribution < 1.29 is 28.1 Å². The van der Waals surface area contributed by atoms with Crippen LogP contribution in [0.15, 0.2) is 12.1 Å². The molecular weight excluding hydrogens is 231 g/mol. The van der Waals surface area contributed by atoms with Crippen molar-refractivity contribution in [3.63, 3.8) is 0 Å². The second kappa shape index (κ2) is 5.93. The number of rotatable bonds is 5. The van der Waals surface area contributed by atoms with Crippen LogP contribution in [0, 0.1) is 0 Å². The van der Waals surface area contributed by atoms with Crippen LogP contribution >= 0.6 is 0 Å². The van der Waals surface area contributed by atoms with E-state index in [4.69, 9.17) is 14.2 Å². The SMILES string of the molecule is COC(=O)c1cc(OC)c(OC)c(OCF)c1. The van der Waals surface area contributed by atoms with Crippen molar-refractivity contribution in [1.82, 2.24) is 0 Å². The van der Waals surface area contributed by atoms with E-state index in [9.17, 15) is 9.18 Å². The fourth-order valence-electron chi connectivity index (χ4n) is 1.33. The molecule has 0 heterocycles. The van der Waals surface area contributed by atoms with Crippen molar-refractivity contribution in [2.24, 2.45) is 0 Å². The Hall–Kier alpha value is -1.98. The Morgan fingerprint density at radius 2 is 1.82 bits per heavy atom. The Bertz CT molecular complexity index is 405. The average molecular weight is 244 g/mol. The largest absolute Gasteiger partial charge is 0.493 e. The minimum atomic E-state index is -1.04. The van der Waals surface area contributed by atoms with E-state index in [-0.39, 0.29) is 22.8 Å². The molecule has 1 aromatic carbocycles. The highest BCUT2D eigenvalue weighted by atomic mass is 19.1. The molecule has 0 aliphatic heterocycles. The summed E-state index contributed by atoms with van der Waals surface area (Å²) >= 11 is 0. The molecular formula is C11H13FO5. The second-order valence-corrected chi connectivity index (χ2v) is 2.95. The van der Waals surface area contributed by atoms with E-state index in [0.29, 0.717) is 0 Å². The van der Waals surface area contributed by atoms with E-state index in [1.807, 2.05) is 0 Å². The topological polar surface area (TPSA) is 54.0 Å². The molecule has 0 saturated carbocycles. The third-order valence-corrected chi connectivity index (χ3v) is 2.08. The summed E-state index contributed by atoms with van der Waals surface area (Å²) in [6.07, 6.45) is 0. The number of halogens is 1. The molecule has 17 heavy (non-hydrogen) atoms. The normalized spacial score (nSPS) is 9.65. The lowest BCUT2D eigenvalue weighted by atomic mass is 10.2. The first-order valence-electron chi connectivity index (χ1n) is 4.71. The van der Waals surface area contributed by atoms with E-state index in [0.717, 1.165) is 0 Å². The summed E-state index contributed by atoms with van der Waals surface area (Å²) in [5.41, 5.74) is 0.189. The Balaban J connectivity index is 3.28. The molecule has 0 aliphatic rings. The van der Waals surface area contributed by atoms with Crippen LogP contribution in [0.25, 0.3) is 0 Å². The van der Waals surface area contributed by atoms with Gasteiger partial charge in [-0.3, -0.25) is 0 Å². The van der Waals surface area contributed by atoms with Crippen molar-refractivity contribution in [3.8, 4) is 17.2 Å². The van der Waals surface area contributed by atoms with Gasteiger partial charge in [0.1, 0.15) is 0 Å². The zero-order valence-electron chi connectivity index (χ0n) is 9.78. The van der Waals surface area contributed by atoms with E-state index in [1.165, 1.54) is 33.5 Å². The molecule has 0 amide bonds. The number of methoxy groups -OCH3 is 3. The predicted molar refractivity (Wildman–Crippen MR) is 57.5 cm³/mol. The molecule has 0 atom stereocenters. The molecule has 0 unspecified atom stereocenters. The molecule has 0 spiro atoms. The number of carbonyl (C=O) groups excluding carboxylic acids is 1. The van der Waals surface area contributed by atoms with Crippen molar-refractivity contribution in [3.05, 3.63) is 17.7 Å². The van der Waals surface area contributed by atoms with Gasteiger partial charge >= 0.3 is 5.97 Å². The molecule has 0 radical (unpaired) electrons. The first-order chi connectivity index (χ1) is 8.17. The van der Waals surface area contributed by atoms with Crippen LogP contribution in [0.4, 0.5) is 4.39 Å². The summed E-state index contributed by atoms with van der Waals surface area (Å²) in [5.74, 6) is -0.0129. The molecule has 0 bridgehead atoms. The van der Waals surface area contributed by atoms with Crippen LogP contribution in [0.5, 0.6) is 17.2 Å². The molecule has 94 valence electrons. The summed E-state index contributed by atoms with van der Waals surface area (Å²) in [7, 11) is 4.04. The van der Waals surface area contributed by atoms with Gasteiger partial charge < -0.3 is 18.9 Å². The number of carbonyl (C=O) groups is 1. The fourth-order valence-corrected chi connectivity index (χ4v) is 1.33. The number of ether oxygens (including phenoxy) is 4. The molecule has 0 fully saturated rings. The minimum Gasteiger partial charge on any atom is -0.493 e. The summed E-state index contributed by atoms with van der Waals surface area (Å²) < 4.78 is 31.5. The lowest BCUT2D eigenvalue weighted by Crippen LogP contribution is -2.04. The van der Waals surface area contributed by atoms with Gasteiger partial charge in [-0.1, -0.05) is 0 Å². The van der Waals surface area contributed by atoms with Crippen molar-refractivity contribution in [2.75, 3.05) is 28.2 Å². The standard InChI is InChI=1S/C11H13FO5/c1-14-8-4-7(11(13)16-3)5-9(17-6-12)10(8)15-2/h4-5H,6H2,1-3H3. The fraction of sp³-hybridized carbons (Fsp3) is 0.364. The van der Waals surface area contributed by atoms with E-state index in [2.05, 4.69) is 4.74 Å². The van der Waals surface area contributed by atoms with Gasteiger partial charge in [0.2, 0.25) is 12.6 Å². The monoisotopic (exact) mass is 244 g/mol. The maximum atomic E-state index is 12.2. The van der Waals surface area contributed by atoms with Gasteiger partial charge in [-0.25, -0.2) is 9.18 Å². The first-order valence-corrected chi connectivity index (χ1v) is 4.71. The third kappa shape index (κ3) is 2.77. The van der Waals surface area contributed by atoms with Gasteiger partial charge in [0, 0.05) is 0 Å². The number of esters is 1. The minimum absolute atomic E-state index is 0.0785. The maximum Gasteiger partial charge on any atom is 0.338 e. The zero-order valence-corrected chi connectivity index (χ0v) is 9.78. The molecule has 0 aromatic heterocycles. The average Bonchev–Trinajstić information content (AvgIpc) is 2.37. The van der Waals surface area contributed by atoms with Gasteiger partial charge in [-0.2, -0.15) is 0 Å². The highest BCUT2D eigenvalue weighted by molar-refractivity contribution is 5.91. The van der Waals surface area contributed by atoms with Crippen molar-refractivity contribution in [1.29, 1.82) is 0 Å². The summed E-state index contributed by atoms with van der Waals surface area (Å²) in [5, 5.41) is 0. The Morgan fingerprint density at radius 1 is 1.18 bits per heavy atom. The van der Waals surface area contributed by atoms with Crippen molar-refractivity contribution in [2.45, 2.75) is 0 Å². The van der Waals surface area contributed by atoms with Crippen LogP contribution in [0.1, 0.15) is 10.4 Å². The lowest BCUT2D eigenvalue weighted by molar-refractivity contribution is 0.0599. The zero-order chi connectivity index (χ0) is 12.8. The molecule has 0 N–H and O–H groups in total. The number of hydrogen-bond acceptors (Lipinski definition) is 5. The molecule has 6 heteroatoms. The quantitative estimate of drug-likeness (QED) is 0.739. The van der Waals surface area contributed by atoms with Crippen molar-refractivity contribution >= 4 is 5.97 Å². The highest BCUT2D eigenvalue weighted by Gasteiger charge is 2.17. The predicted octanol–water partition coefficient (Wildman–Crippen LogP) is 1.80. The molecule has 0 saturated heterocycles. The number of alkyl halides is 1. The van der Waals surface area contributed by atoms with Gasteiger partial charge in [0.25, 0.3) is 0 Å². The van der Waals surface area contributed by atoms with Gasteiger partial charge in [-0.05, 0) is 12.1 Å². The molecule has 5 nitrogen and oxygen atoms in total. The Labute approximate surface area is 98.0 Å². The maximum absolute atomic E-state index is 12.2. The lowest BCUT2D eigenvalue weighted by Gasteiger charge is -2.13. The number of hydrogen-bond donors (Lipinski definition) is 0. The summed E-state index contributed by atoms with van der Waals surface area (Å²) in [6.45, 7) is -1.04. The second-order valence-electron chi connectivity index (χ2n) is 2.95. The number of benzene rings is 1. The van der Waals surface area contributed by atoms with E-state index in [1.54, 1.807) is 0 Å². The van der Waals surface area contributed by atoms with Crippen LogP contribution in [0.3, 0.4) is 0 Å².